The van der Waals surface area contributed by atoms with Crippen LogP contribution in [-0.4, -0.2) is 37.1 Å². The highest BCUT2D eigenvalue weighted by Gasteiger charge is 2.43. The number of hydrogen-bond donors (Lipinski definition) is 1. The van der Waals surface area contributed by atoms with E-state index >= 15 is 0 Å². The molecule has 0 aromatic carbocycles. The molecular weight excluding hydrogens is 260 g/mol. The van der Waals surface area contributed by atoms with Crippen LogP contribution in [0.2, 0.25) is 0 Å². The zero-order chi connectivity index (χ0) is 14.7. The highest BCUT2D eigenvalue weighted by Crippen LogP contribution is 2.37. The van der Waals surface area contributed by atoms with Gasteiger partial charge in [-0.3, -0.25) is 0 Å². The number of likely N-dealkylation sites (N-methyl/N-ethyl adjacent to an activating group) is 1. The monoisotopic (exact) mass is 290 g/mol. The van der Waals surface area contributed by atoms with Gasteiger partial charge in [0, 0.05) is 18.6 Å². The van der Waals surface area contributed by atoms with Crippen molar-refractivity contribution >= 4 is 10.0 Å². The SMILES string of the molecule is CCN(C1(CN)CCC(C)CC1)S(=O)(=O)CC(C)C. The van der Waals surface area contributed by atoms with Crippen LogP contribution in [-0.2, 0) is 10.0 Å². The van der Waals surface area contributed by atoms with E-state index < -0.39 is 10.0 Å². The minimum Gasteiger partial charge on any atom is -0.329 e. The van der Waals surface area contributed by atoms with Crippen molar-refractivity contribution in [2.75, 3.05) is 18.8 Å². The zero-order valence-electron chi connectivity index (χ0n) is 12.9. The van der Waals surface area contributed by atoms with Gasteiger partial charge in [0.15, 0.2) is 0 Å². The summed E-state index contributed by atoms with van der Waals surface area (Å²) in [5.41, 5.74) is 5.64. The summed E-state index contributed by atoms with van der Waals surface area (Å²) in [6.07, 6.45) is 3.95. The standard InChI is InChI=1S/C14H30N2O2S/c1-5-16(19(17,18)10-12(2)3)14(11-15)8-6-13(4)7-9-14/h12-13H,5-11,15H2,1-4H3. The summed E-state index contributed by atoms with van der Waals surface area (Å²) in [6, 6.07) is 0. The average molecular weight is 290 g/mol. The Balaban J connectivity index is 2.99. The Hall–Kier alpha value is -0.130. The van der Waals surface area contributed by atoms with E-state index in [0.29, 0.717) is 19.0 Å². The van der Waals surface area contributed by atoms with Crippen LogP contribution in [0.3, 0.4) is 0 Å². The number of rotatable bonds is 6. The zero-order valence-corrected chi connectivity index (χ0v) is 13.7. The lowest BCUT2D eigenvalue weighted by atomic mass is 9.77. The molecule has 0 aromatic heterocycles. The Morgan fingerprint density at radius 1 is 1.32 bits per heavy atom. The molecule has 114 valence electrons. The first-order valence-electron chi connectivity index (χ1n) is 7.48. The Bertz CT molecular complexity index is 371. The van der Waals surface area contributed by atoms with Crippen LogP contribution in [0.5, 0.6) is 0 Å². The molecule has 0 radical (unpaired) electrons. The van der Waals surface area contributed by atoms with E-state index in [1.807, 2.05) is 20.8 Å². The van der Waals surface area contributed by atoms with E-state index in [1.165, 1.54) is 0 Å². The maximum atomic E-state index is 12.6. The lowest BCUT2D eigenvalue weighted by molar-refractivity contribution is 0.119. The largest absolute Gasteiger partial charge is 0.329 e. The molecule has 0 amide bonds. The summed E-state index contributed by atoms with van der Waals surface area (Å²) in [7, 11) is -3.21. The Labute approximate surface area is 118 Å². The molecular formula is C14H30N2O2S. The maximum Gasteiger partial charge on any atom is 0.214 e. The molecule has 19 heavy (non-hydrogen) atoms. The Morgan fingerprint density at radius 2 is 1.84 bits per heavy atom. The first-order chi connectivity index (χ1) is 8.77. The fourth-order valence-corrected chi connectivity index (χ4v) is 5.46. The normalized spacial score (nSPS) is 29.1. The topological polar surface area (TPSA) is 63.4 Å². The third-order valence-electron chi connectivity index (χ3n) is 4.28. The minimum atomic E-state index is -3.21. The highest BCUT2D eigenvalue weighted by molar-refractivity contribution is 7.89. The molecule has 0 bridgehead atoms. The molecule has 0 spiro atoms. The van der Waals surface area contributed by atoms with E-state index in [2.05, 4.69) is 6.92 Å². The van der Waals surface area contributed by atoms with Crippen LogP contribution < -0.4 is 5.73 Å². The van der Waals surface area contributed by atoms with E-state index in [0.717, 1.165) is 25.7 Å². The van der Waals surface area contributed by atoms with Crippen LogP contribution in [0.15, 0.2) is 0 Å². The molecule has 1 aliphatic carbocycles. The summed E-state index contributed by atoms with van der Waals surface area (Å²) < 4.78 is 26.9. The lowest BCUT2D eigenvalue weighted by Crippen LogP contribution is -2.58. The molecule has 0 atom stereocenters. The van der Waals surface area contributed by atoms with Gasteiger partial charge in [-0.15, -0.1) is 0 Å². The van der Waals surface area contributed by atoms with Gasteiger partial charge in [0.2, 0.25) is 10.0 Å². The second kappa shape index (κ2) is 6.55. The summed E-state index contributed by atoms with van der Waals surface area (Å²) in [5, 5.41) is 0. The van der Waals surface area contributed by atoms with E-state index in [1.54, 1.807) is 4.31 Å². The smallest absolute Gasteiger partial charge is 0.214 e. The van der Waals surface area contributed by atoms with Gasteiger partial charge >= 0.3 is 0 Å². The van der Waals surface area contributed by atoms with Gasteiger partial charge in [-0.2, -0.15) is 4.31 Å². The third kappa shape index (κ3) is 3.92. The summed E-state index contributed by atoms with van der Waals surface area (Å²) in [6.45, 7) is 9.02. The van der Waals surface area contributed by atoms with Crippen molar-refractivity contribution in [2.24, 2.45) is 17.6 Å². The van der Waals surface area contributed by atoms with Gasteiger partial charge in [0.25, 0.3) is 0 Å². The molecule has 1 rings (SSSR count). The van der Waals surface area contributed by atoms with Crippen LogP contribution in [0.25, 0.3) is 0 Å². The van der Waals surface area contributed by atoms with Crippen molar-refractivity contribution in [3.05, 3.63) is 0 Å². The highest BCUT2D eigenvalue weighted by atomic mass is 32.2. The predicted molar refractivity (Wildman–Crippen MR) is 80.4 cm³/mol. The van der Waals surface area contributed by atoms with Gasteiger partial charge in [0.1, 0.15) is 0 Å². The van der Waals surface area contributed by atoms with Crippen LogP contribution >= 0.6 is 0 Å². The quantitative estimate of drug-likeness (QED) is 0.815. The van der Waals surface area contributed by atoms with Crippen molar-refractivity contribution in [1.29, 1.82) is 0 Å². The number of hydrogen-bond acceptors (Lipinski definition) is 3. The van der Waals surface area contributed by atoms with Gasteiger partial charge < -0.3 is 5.73 Å². The predicted octanol–water partition coefficient (Wildman–Crippen LogP) is 2.20. The summed E-state index contributed by atoms with van der Waals surface area (Å²) in [5.74, 6) is 1.06. The molecule has 0 unspecified atom stereocenters. The van der Waals surface area contributed by atoms with Crippen molar-refractivity contribution in [1.82, 2.24) is 4.31 Å². The second-order valence-corrected chi connectivity index (χ2v) is 8.39. The average Bonchev–Trinajstić information content (AvgIpc) is 2.31. The molecule has 4 nitrogen and oxygen atoms in total. The van der Waals surface area contributed by atoms with E-state index in [-0.39, 0.29) is 17.2 Å². The van der Waals surface area contributed by atoms with Crippen molar-refractivity contribution in [3.8, 4) is 0 Å². The number of nitrogens with zero attached hydrogens (tertiary/aromatic N) is 1. The van der Waals surface area contributed by atoms with E-state index in [4.69, 9.17) is 5.73 Å². The van der Waals surface area contributed by atoms with Crippen molar-refractivity contribution in [2.45, 2.75) is 58.9 Å². The van der Waals surface area contributed by atoms with Crippen LogP contribution in [0.4, 0.5) is 0 Å². The van der Waals surface area contributed by atoms with Crippen LogP contribution in [0.1, 0.15) is 53.4 Å². The molecule has 2 N–H and O–H groups in total. The van der Waals surface area contributed by atoms with Gasteiger partial charge in [-0.05, 0) is 37.5 Å². The Kier molecular flexibility index (Phi) is 5.83. The molecule has 1 fully saturated rings. The molecule has 0 saturated heterocycles. The minimum absolute atomic E-state index is 0.149. The molecule has 1 aliphatic rings. The maximum absolute atomic E-state index is 12.6. The van der Waals surface area contributed by atoms with Crippen molar-refractivity contribution in [3.63, 3.8) is 0 Å². The summed E-state index contributed by atoms with van der Waals surface area (Å²) >= 11 is 0. The van der Waals surface area contributed by atoms with E-state index in [9.17, 15) is 8.42 Å². The molecule has 0 heterocycles. The number of nitrogens with two attached hydrogens (primary N) is 1. The van der Waals surface area contributed by atoms with Gasteiger partial charge in [-0.25, -0.2) is 8.42 Å². The summed E-state index contributed by atoms with van der Waals surface area (Å²) in [4.78, 5) is 0. The fourth-order valence-electron chi connectivity index (χ4n) is 3.19. The van der Waals surface area contributed by atoms with Crippen molar-refractivity contribution < 1.29 is 8.42 Å². The Morgan fingerprint density at radius 3 is 2.21 bits per heavy atom. The second-order valence-electron chi connectivity index (χ2n) is 6.45. The van der Waals surface area contributed by atoms with Gasteiger partial charge in [-0.1, -0.05) is 27.7 Å². The molecule has 1 saturated carbocycles. The van der Waals surface area contributed by atoms with Crippen LogP contribution in [0, 0.1) is 11.8 Å². The first kappa shape index (κ1) is 16.9. The molecule has 0 aliphatic heterocycles. The lowest BCUT2D eigenvalue weighted by Gasteiger charge is -2.46. The first-order valence-corrected chi connectivity index (χ1v) is 9.09. The molecule has 0 aromatic rings. The molecule has 5 heteroatoms. The fraction of sp³-hybridized carbons (Fsp3) is 1.00. The van der Waals surface area contributed by atoms with Gasteiger partial charge in [0.05, 0.1) is 5.75 Å². The third-order valence-corrected chi connectivity index (χ3v) is 6.69. The number of sulfonamides is 1.